The number of halogens is 1. The van der Waals surface area contributed by atoms with Gasteiger partial charge in [-0.3, -0.25) is 19.2 Å². The van der Waals surface area contributed by atoms with Crippen molar-refractivity contribution in [3.8, 4) is 0 Å². The molecule has 1 fully saturated rings. The molecular weight excluding hydrogens is 477 g/mol. The largest absolute Gasteiger partial charge is 0.468 e. The zero-order valence-electron chi connectivity index (χ0n) is 21.2. The number of ether oxygens (including phenoxy) is 1. The van der Waals surface area contributed by atoms with Crippen molar-refractivity contribution in [2.45, 2.75) is 51.2 Å². The Hall–Kier alpha value is -3.75. The van der Waals surface area contributed by atoms with Gasteiger partial charge in [0.25, 0.3) is 0 Å². The standard InChI is InChI=1S/C28H32FN3O5/c1-16(2)12-22-26(34)31-24(20-13-18-6-4-5-7-19(18)14-20)28(36)32(22)25(17-8-10-21(29)11-9-17)27(35)30-15-23(33)37-3/h4-11,16,20,22,24-25H,12-15H2,1-3H3,(H,30,35)(H,31,34). The van der Waals surface area contributed by atoms with Gasteiger partial charge in [0.2, 0.25) is 17.7 Å². The van der Waals surface area contributed by atoms with E-state index < -0.39 is 42.4 Å². The third kappa shape index (κ3) is 5.65. The van der Waals surface area contributed by atoms with Crippen LogP contribution in [0.5, 0.6) is 0 Å². The summed E-state index contributed by atoms with van der Waals surface area (Å²) in [5, 5.41) is 5.46. The van der Waals surface area contributed by atoms with E-state index in [0.29, 0.717) is 24.8 Å². The number of carbonyl (C=O) groups is 4. The maximum Gasteiger partial charge on any atom is 0.325 e. The molecule has 3 atom stereocenters. The second-order valence-corrected chi connectivity index (χ2v) is 10.1. The van der Waals surface area contributed by atoms with Crippen LogP contribution in [0.15, 0.2) is 48.5 Å². The van der Waals surface area contributed by atoms with Crippen molar-refractivity contribution in [2.75, 3.05) is 13.7 Å². The fraction of sp³-hybridized carbons (Fsp3) is 0.429. The van der Waals surface area contributed by atoms with Crippen molar-refractivity contribution in [3.63, 3.8) is 0 Å². The third-order valence-corrected chi connectivity index (χ3v) is 7.05. The Bertz CT molecular complexity index is 1160. The van der Waals surface area contributed by atoms with Crippen LogP contribution in [0.3, 0.4) is 0 Å². The smallest absolute Gasteiger partial charge is 0.325 e. The van der Waals surface area contributed by atoms with Crippen LogP contribution in [-0.2, 0) is 36.8 Å². The molecule has 196 valence electrons. The number of nitrogens with one attached hydrogen (secondary N) is 2. The molecule has 1 heterocycles. The topological polar surface area (TPSA) is 105 Å². The lowest BCUT2D eigenvalue weighted by atomic mass is 9.88. The van der Waals surface area contributed by atoms with Gasteiger partial charge in [0.1, 0.15) is 30.5 Å². The first-order chi connectivity index (χ1) is 17.7. The monoisotopic (exact) mass is 509 g/mol. The van der Waals surface area contributed by atoms with E-state index >= 15 is 0 Å². The first-order valence-corrected chi connectivity index (χ1v) is 12.5. The maximum atomic E-state index is 14.1. The first-order valence-electron chi connectivity index (χ1n) is 12.5. The number of hydrogen-bond acceptors (Lipinski definition) is 5. The van der Waals surface area contributed by atoms with Crippen molar-refractivity contribution in [1.82, 2.24) is 15.5 Å². The van der Waals surface area contributed by atoms with Crippen LogP contribution in [0, 0.1) is 17.7 Å². The van der Waals surface area contributed by atoms with E-state index in [-0.39, 0.29) is 23.7 Å². The average Bonchev–Trinajstić information content (AvgIpc) is 3.31. The number of nitrogens with zero attached hydrogens (tertiary/aromatic N) is 1. The summed E-state index contributed by atoms with van der Waals surface area (Å²) in [6.07, 6.45) is 1.59. The van der Waals surface area contributed by atoms with Crippen molar-refractivity contribution in [1.29, 1.82) is 0 Å². The lowest BCUT2D eigenvalue weighted by Gasteiger charge is -2.44. The summed E-state index contributed by atoms with van der Waals surface area (Å²) in [5.41, 5.74) is 2.61. The minimum atomic E-state index is -1.24. The van der Waals surface area contributed by atoms with E-state index in [1.54, 1.807) is 0 Å². The van der Waals surface area contributed by atoms with Crippen LogP contribution in [0.2, 0.25) is 0 Å². The summed E-state index contributed by atoms with van der Waals surface area (Å²) in [4.78, 5) is 54.2. The van der Waals surface area contributed by atoms with Crippen molar-refractivity contribution >= 4 is 23.7 Å². The molecule has 3 amide bonds. The number of esters is 1. The lowest BCUT2D eigenvalue weighted by molar-refractivity contribution is -0.158. The van der Waals surface area contributed by atoms with Gasteiger partial charge in [-0.2, -0.15) is 0 Å². The Morgan fingerprint density at radius 3 is 2.27 bits per heavy atom. The molecule has 2 aromatic rings. The van der Waals surface area contributed by atoms with Gasteiger partial charge < -0.3 is 20.3 Å². The second kappa shape index (κ2) is 11.1. The summed E-state index contributed by atoms with van der Waals surface area (Å²) in [5.74, 6) is -2.63. The van der Waals surface area contributed by atoms with E-state index in [4.69, 9.17) is 0 Å². The Kier molecular flexibility index (Phi) is 7.90. The fourth-order valence-electron chi connectivity index (χ4n) is 5.29. The van der Waals surface area contributed by atoms with E-state index in [2.05, 4.69) is 15.4 Å². The van der Waals surface area contributed by atoms with Gasteiger partial charge in [-0.25, -0.2) is 4.39 Å². The minimum absolute atomic E-state index is 0.0466. The number of benzene rings is 2. The molecule has 2 N–H and O–H groups in total. The summed E-state index contributed by atoms with van der Waals surface area (Å²) < 4.78 is 18.4. The van der Waals surface area contributed by atoms with Gasteiger partial charge in [-0.1, -0.05) is 50.2 Å². The Morgan fingerprint density at radius 2 is 1.70 bits per heavy atom. The predicted molar refractivity (Wildman–Crippen MR) is 134 cm³/mol. The van der Waals surface area contributed by atoms with Gasteiger partial charge in [-0.15, -0.1) is 0 Å². The van der Waals surface area contributed by atoms with E-state index in [1.165, 1.54) is 36.3 Å². The molecule has 1 aliphatic heterocycles. The Labute approximate surface area is 215 Å². The molecular formula is C28H32FN3O5. The molecule has 1 aliphatic carbocycles. The van der Waals surface area contributed by atoms with E-state index in [9.17, 15) is 23.6 Å². The van der Waals surface area contributed by atoms with Gasteiger partial charge in [-0.05, 0) is 59.9 Å². The maximum absolute atomic E-state index is 14.1. The number of hydrogen-bond donors (Lipinski definition) is 2. The molecule has 2 aromatic carbocycles. The Balaban J connectivity index is 1.72. The number of fused-ring (bicyclic) bond motifs is 1. The van der Waals surface area contributed by atoms with Crippen LogP contribution in [-0.4, -0.2) is 54.3 Å². The number of amides is 3. The number of methoxy groups -OCH3 is 1. The van der Waals surface area contributed by atoms with Gasteiger partial charge in [0, 0.05) is 0 Å². The van der Waals surface area contributed by atoms with Crippen molar-refractivity contribution < 1.29 is 28.3 Å². The molecule has 2 aliphatic rings. The highest BCUT2D eigenvalue weighted by Gasteiger charge is 2.49. The highest BCUT2D eigenvalue weighted by atomic mass is 19.1. The van der Waals surface area contributed by atoms with Gasteiger partial charge in [0.15, 0.2) is 0 Å². The van der Waals surface area contributed by atoms with Crippen molar-refractivity contribution in [2.24, 2.45) is 11.8 Å². The first kappa shape index (κ1) is 26.3. The molecule has 37 heavy (non-hydrogen) atoms. The zero-order valence-corrected chi connectivity index (χ0v) is 21.2. The molecule has 0 bridgehead atoms. The van der Waals surface area contributed by atoms with E-state index in [0.717, 1.165) is 11.1 Å². The quantitative estimate of drug-likeness (QED) is 0.532. The SMILES string of the molecule is COC(=O)CNC(=O)C(c1ccc(F)cc1)N1C(=O)C(C2Cc3ccccc3C2)NC(=O)C1CC(C)C. The normalized spacial score (nSPS) is 20.4. The highest BCUT2D eigenvalue weighted by Crippen LogP contribution is 2.35. The summed E-state index contributed by atoms with van der Waals surface area (Å²) in [6.45, 7) is 3.46. The van der Waals surface area contributed by atoms with Crippen LogP contribution in [0.25, 0.3) is 0 Å². The third-order valence-electron chi connectivity index (χ3n) is 7.05. The van der Waals surface area contributed by atoms with Crippen LogP contribution >= 0.6 is 0 Å². The number of carbonyl (C=O) groups excluding carboxylic acids is 4. The molecule has 4 rings (SSSR count). The molecule has 8 nitrogen and oxygen atoms in total. The van der Waals surface area contributed by atoms with Gasteiger partial charge in [0.05, 0.1) is 7.11 Å². The van der Waals surface area contributed by atoms with Crippen LogP contribution in [0.4, 0.5) is 4.39 Å². The summed E-state index contributed by atoms with van der Waals surface area (Å²) in [7, 11) is 1.20. The predicted octanol–water partition coefficient (Wildman–Crippen LogP) is 2.31. The summed E-state index contributed by atoms with van der Waals surface area (Å²) >= 11 is 0. The fourth-order valence-corrected chi connectivity index (χ4v) is 5.29. The number of rotatable bonds is 8. The molecule has 0 spiro atoms. The second-order valence-electron chi connectivity index (χ2n) is 10.1. The zero-order chi connectivity index (χ0) is 26.7. The average molecular weight is 510 g/mol. The molecule has 0 aromatic heterocycles. The molecule has 1 saturated heterocycles. The van der Waals surface area contributed by atoms with Crippen molar-refractivity contribution in [3.05, 3.63) is 71.0 Å². The summed E-state index contributed by atoms with van der Waals surface area (Å²) in [6, 6.07) is 10.2. The lowest BCUT2D eigenvalue weighted by Crippen LogP contribution is -2.67. The highest BCUT2D eigenvalue weighted by molar-refractivity contribution is 6.00. The Morgan fingerprint density at radius 1 is 1.08 bits per heavy atom. The number of piperazine rings is 1. The molecule has 3 unspecified atom stereocenters. The molecule has 9 heteroatoms. The minimum Gasteiger partial charge on any atom is -0.468 e. The molecule has 0 saturated carbocycles. The van der Waals surface area contributed by atoms with Gasteiger partial charge >= 0.3 is 5.97 Å². The molecule has 0 radical (unpaired) electrons. The van der Waals surface area contributed by atoms with Crippen LogP contribution in [0.1, 0.15) is 43.0 Å². The van der Waals surface area contributed by atoms with Crippen LogP contribution < -0.4 is 10.6 Å². The van der Waals surface area contributed by atoms with E-state index in [1.807, 2.05) is 38.1 Å².